The molecular weight excluding hydrogens is 275 g/mol. The van der Waals surface area contributed by atoms with Crippen molar-refractivity contribution in [3.05, 3.63) is 45.5 Å². The van der Waals surface area contributed by atoms with Crippen LogP contribution in [0, 0.1) is 6.92 Å². The van der Waals surface area contributed by atoms with Gasteiger partial charge in [0.2, 0.25) is 0 Å². The molecule has 18 heavy (non-hydrogen) atoms. The molecule has 2 rings (SSSR count). The summed E-state index contributed by atoms with van der Waals surface area (Å²) in [6.45, 7) is 2.27. The van der Waals surface area contributed by atoms with Crippen LogP contribution >= 0.6 is 23.2 Å². The molecule has 0 aliphatic carbocycles. The smallest absolute Gasteiger partial charge is 0.251 e. The van der Waals surface area contributed by atoms with Gasteiger partial charge in [0.05, 0.1) is 6.20 Å². The number of rotatable bonds is 3. The third-order valence-corrected chi connectivity index (χ3v) is 2.79. The molecule has 0 fully saturated rings. The maximum Gasteiger partial charge on any atom is 0.251 e. The Hall–Kier alpha value is -1.59. The molecule has 2 aromatic heterocycles. The molecule has 2 N–H and O–H groups in total. The van der Waals surface area contributed by atoms with Gasteiger partial charge in [-0.05, 0) is 19.1 Å². The lowest BCUT2D eigenvalue weighted by Crippen LogP contribution is -2.23. The molecule has 1 amide bonds. The minimum Gasteiger partial charge on any atom is -0.348 e. The van der Waals surface area contributed by atoms with E-state index in [9.17, 15) is 4.79 Å². The Kier molecular flexibility index (Phi) is 3.84. The van der Waals surface area contributed by atoms with Crippen molar-refractivity contribution < 1.29 is 4.79 Å². The lowest BCUT2D eigenvalue weighted by molar-refractivity contribution is 0.0951. The fourth-order valence-electron chi connectivity index (χ4n) is 1.43. The molecule has 0 radical (unpaired) electrons. The number of hydrogen-bond acceptors (Lipinski definition) is 3. The summed E-state index contributed by atoms with van der Waals surface area (Å²) in [6, 6.07) is 2.93. The summed E-state index contributed by atoms with van der Waals surface area (Å²) in [5.74, 6) is -0.262. The molecule has 7 heteroatoms. The van der Waals surface area contributed by atoms with Gasteiger partial charge in [-0.3, -0.25) is 9.89 Å². The van der Waals surface area contributed by atoms with Crippen LogP contribution in [-0.4, -0.2) is 21.1 Å². The maximum absolute atomic E-state index is 11.9. The number of H-pyrrole nitrogens is 1. The number of carbonyl (C=O) groups is 1. The van der Waals surface area contributed by atoms with Gasteiger partial charge in [0, 0.05) is 23.4 Å². The Morgan fingerprint density at radius 3 is 2.61 bits per heavy atom. The lowest BCUT2D eigenvalue weighted by Gasteiger charge is -2.05. The van der Waals surface area contributed by atoms with Crippen LogP contribution in [0.15, 0.2) is 18.3 Å². The molecule has 0 saturated heterocycles. The van der Waals surface area contributed by atoms with Gasteiger partial charge in [-0.1, -0.05) is 23.2 Å². The standard InChI is InChI=1S/C11H10Cl2N4O/c1-6-8(5-15-17-6)4-14-11(18)7-2-9(12)16-10(13)3-7/h2-3,5H,4H2,1H3,(H,14,18)(H,15,17). The topological polar surface area (TPSA) is 70.7 Å². The zero-order valence-corrected chi connectivity index (χ0v) is 11.0. The first kappa shape index (κ1) is 12.9. The number of nitrogens with one attached hydrogen (secondary N) is 2. The van der Waals surface area contributed by atoms with Crippen molar-refractivity contribution in [1.82, 2.24) is 20.5 Å². The van der Waals surface area contributed by atoms with Gasteiger partial charge in [-0.15, -0.1) is 0 Å². The van der Waals surface area contributed by atoms with Crippen LogP contribution in [0.25, 0.3) is 0 Å². The first-order chi connectivity index (χ1) is 8.56. The second-order valence-electron chi connectivity index (χ2n) is 3.70. The highest BCUT2D eigenvalue weighted by atomic mass is 35.5. The van der Waals surface area contributed by atoms with E-state index in [0.717, 1.165) is 11.3 Å². The number of nitrogens with zero attached hydrogens (tertiary/aromatic N) is 2. The van der Waals surface area contributed by atoms with E-state index in [2.05, 4.69) is 20.5 Å². The molecule has 0 bridgehead atoms. The predicted octanol–water partition coefficient (Wildman–Crippen LogP) is 2.35. The van der Waals surface area contributed by atoms with Crippen molar-refractivity contribution in [3.63, 3.8) is 0 Å². The minimum atomic E-state index is -0.262. The number of pyridine rings is 1. The molecule has 0 aromatic carbocycles. The number of aryl methyl sites for hydroxylation is 1. The second-order valence-corrected chi connectivity index (χ2v) is 4.48. The van der Waals surface area contributed by atoms with Gasteiger partial charge in [-0.2, -0.15) is 5.10 Å². The molecule has 0 saturated carbocycles. The molecule has 5 nitrogen and oxygen atoms in total. The van der Waals surface area contributed by atoms with Crippen molar-refractivity contribution >= 4 is 29.1 Å². The summed E-state index contributed by atoms with van der Waals surface area (Å²) in [6.07, 6.45) is 1.67. The van der Waals surface area contributed by atoms with Crippen LogP contribution in [0.5, 0.6) is 0 Å². The van der Waals surface area contributed by atoms with Gasteiger partial charge >= 0.3 is 0 Å². The molecule has 0 aliphatic rings. The van der Waals surface area contributed by atoms with Crippen LogP contribution in [0.4, 0.5) is 0 Å². The summed E-state index contributed by atoms with van der Waals surface area (Å²) in [4.78, 5) is 15.6. The van der Waals surface area contributed by atoms with Crippen molar-refractivity contribution in [2.24, 2.45) is 0 Å². The van der Waals surface area contributed by atoms with Crippen LogP contribution in [-0.2, 0) is 6.54 Å². The van der Waals surface area contributed by atoms with Gasteiger partial charge in [0.1, 0.15) is 10.3 Å². The second kappa shape index (κ2) is 5.37. The van der Waals surface area contributed by atoms with Crippen LogP contribution < -0.4 is 5.32 Å². The normalized spacial score (nSPS) is 10.4. The highest BCUT2D eigenvalue weighted by Crippen LogP contribution is 2.14. The average Bonchev–Trinajstić information content (AvgIpc) is 2.70. The SMILES string of the molecule is Cc1[nH]ncc1CNC(=O)c1cc(Cl)nc(Cl)c1. The summed E-state index contributed by atoms with van der Waals surface area (Å²) < 4.78 is 0. The number of aromatic nitrogens is 3. The van der Waals surface area contributed by atoms with E-state index in [1.165, 1.54) is 12.1 Å². The zero-order valence-electron chi connectivity index (χ0n) is 9.50. The van der Waals surface area contributed by atoms with E-state index in [-0.39, 0.29) is 16.2 Å². The van der Waals surface area contributed by atoms with Gasteiger partial charge in [0.25, 0.3) is 5.91 Å². The maximum atomic E-state index is 11.9. The largest absolute Gasteiger partial charge is 0.348 e. The Balaban J connectivity index is 2.06. The highest BCUT2D eigenvalue weighted by molar-refractivity contribution is 6.33. The first-order valence-corrected chi connectivity index (χ1v) is 5.92. The van der Waals surface area contributed by atoms with Gasteiger partial charge < -0.3 is 5.32 Å². The molecule has 2 aromatic rings. The van der Waals surface area contributed by atoms with Crippen molar-refractivity contribution in [3.8, 4) is 0 Å². The fraction of sp³-hybridized carbons (Fsp3) is 0.182. The Morgan fingerprint density at radius 2 is 2.06 bits per heavy atom. The number of aromatic amines is 1. The first-order valence-electron chi connectivity index (χ1n) is 5.16. The van der Waals surface area contributed by atoms with Crippen molar-refractivity contribution in [2.75, 3.05) is 0 Å². The molecular formula is C11H10Cl2N4O. The highest BCUT2D eigenvalue weighted by Gasteiger charge is 2.09. The van der Waals surface area contributed by atoms with Crippen LogP contribution in [0.3, 0.4) is 0 Å². The molecule has 0 aliphatic heterocycles. The van der Waals surface area contributed by atoms with E-state index >= 15 is 0 Å². The van der Waals surface area contributed by atoms with E-state index in [1.807, 2.05) is 6.92 Å². The lowest BCUT2D eigenvalue weighted by atomic mass is 10.2. The quantitative estimate of drug-likeness (QED) is 0.850. The predicted molar refractivity (Wildman–Crippen MR) is 68.8 cm³/mol. The number of hydrogen-bond donors (Lipinski definition) is 2. The molecule has 0 atom stereocenters. The van der Waals surface area contributed by atoms with Crippen molar-refractivity contribution in [1.29, 1.82) is 0 Å². The van der Waals surface area contributed by atoms with Gasteiger partial charge in [-0.25, -0.2) is 4.98 Å². The van der Waals surface area contributed by atoms with E-state index in [1.54, 1.807) is 6.20 Å². The number of carbonyl (C=O) groups excluding carboxylic acids is 1. The zero-order chi connectivity index (χ0) is 13.1. The van der Waals surface area contributed by atoms with Crippen LogP contribution in [0.1, 0.15) is 21.6 Å². The Bertz CT molecular complexity index is 562. The number of amides is 1. The Morgan fingerprint density at radius 1 is 1.39 bits per heavy atom. The summed E-state index contributed by atoms with van der Waals surface area (Å²) >= 11 is 11.5. The molecule has 0 spiro atoms. The molecule has 94 valence electrons. The van der Waals surface area contributed by atoms with E-state index in [4.69, 9.17) is 23.2 Å². The summed E-state index contributed by atoms with van der Waals surface area (Å²) in [5.41, 5.74) is 2.22. The number of halogens is 2. The Labute approximate surface area is 114 Å². The third kappa shape index (κ3) is 3.00. The average molecular weight is 285 g/mol. The van der Waals surface area contributed by atoms with E-state index < -0.39 is 0 Å². The summed E-state index contributed by atoms with van der Waals surface area (Å²) in [5, 5.41) is 9.80. The van der Waals surface area contributed by atoms with Crippen LogP contribution in [0.2, 0.25) is 10.3 Å². The fourth-order valence-corrected chi connectivity index (χ4v) is 1.89. The van der Waals surface area contributed by atoms with E-state index in [0.29, 0.717) is 12.1 Å². The van der Waals surface area contributed by atoms with Gasteiger partial charge in [0.15, 0.2) is 0 Å². The molecule has 2 heterocycles. The van der Waals surface area contributed by atoms with Crippen molar-refractivity contribution in [2.45, 2.75) is 13.5 Å². The molecule has 0 unspecified atom stereocenters. The monoisotopic (exact) mass is 284 g/mol. The third-order valence-electron chi connectivity index (χ3n) is 2.40. The summed E-state index contributed by atoms with van der Waals surface area (Å²) in [7, 11) is 0. The minimum absolute atomic E-state index is 0.187.